The van der Waals surface area contributed by atoms with Gasteiger partial charge in [0.1, 0.15) is 13.2 Å². The molecule has 1 atom stereocenters. The van der Waals surface area contributed by atoms with E-state index < -0.39 is 6.10 Å². The number of hydrogen-bond acceptors (Lipinski definition) is 6. The van der Waals surface area contributed by atoms with Crippen molar-refractivity contribution in [3.8, 4) is 0 Å². The largest absolute Gasteiger partial charge is 0.462 e. The van der Waals surface area contributed by atoms with Crippen LogP contribution in [0.2, 0.25) is 0 Å². The van der Waals surface area contributed by atoms with E-state index in [4.69, 9.17) is 14.2 Å². The predicted octanol–water partition coefficient (Wildman–Crippen LogP) is 23.2. The van der Waals surface area contributed by atoms with Gasteiger partial charge in [-0.1, -0.05) is 340 Å². The summed E-state index contributed by atoms with van der Waals surface area (Å²) in [5.74, 6) is -0.873. The minimum Gasteiger partial charge on any atom is -0.462 e. The van der Waals surface area contributed by atoms with Crippen molar-refractivity contribution < 1.29 is 28.6 Å². The molecule has 1 unspecified atom stereocenters. The highest BCUT2D eigenvalue weighted by atomic mass is 16.6. The molecule has 0 amide bonds. The minimum absolute atomic E-state index is 0.0723. The van der Waals surface area contributed by atoms with Gasteiger partial charge in [-0.25, -0.2) is 0 Å². The summed E-state index contributed by atoms with van der Waals surface area (Å²) in [4.78, 5) is 38.0. The Morgan fingerprint density at radius 1 is 0.276 bits per heavy atom. The van der Waals surface area contributed by atoms with Crippen LogP contribution in [-0.4, -0.2) is 37.2 Å². The first-order valence-corrected chi connectivity index (χ1v) is 34.0. The lowest BCUT2D eigenvalue weighted by molar-refractivity contribution is -0.167. The molecule has 0 saturated carbocycles. The van der Waals surface area contributed by atoms with Crippen LogP contribution in [-0.2, 0) is 28.6 Å². The van der Waals surface area contributed by atoms with E-state index in [1.807, 2.05) is 0 Å². The average Bonchev–Trinajstić information content (AvgIpc) is 3.42. The predicted molar refractivity (Wildman–Crippen MR) is 330 cm³/mol. The van der Waals surface area contributed by atoms with Gasteiger partial charge >= 0.3 is 17.9 Å². The van der Waals surface area contributed by atoms with Crippen molar-refractivity contribution in [2.45, 2.75) is 380 Å². The fourth-order valence-corrected chi connectivity index (χ4v) is 10.3. The summed E-state index contributed by atoms with van der Waals surface area (Å²) in [6.45, 7) is 6.52. The van der Waals surface area contributed by atoms with Crippen LogP contribution >= 0.6 is 0 Å². The number of rotatable bonds is 63. The van der Waals surface area contributed by atoms with Crippen molar-refractivity contribution in [3.05, 3.63) is 36.5 Å². The molecule has 0 N–H and O–H groups in total. The Balaban J connectivity index is 3.88. The highest BCUT2D eigenvalue weighted by Crippen LogP contribution is 2.19. The maximum absolute atomic E-state index is 12.8. The first-order valence-electron chi connectivity index (χ1n) is 34.0. The molecule has 0 heterocycles. The van der Waals surface area contributed by atoms with Gasteiger partial charge in [0.15, 0.2) is 6.10 Å². The number of esters is 3. The first kappa shape index (κ1) is 73.6. The highest BCUT2D eigenvalue weighted by molar-refractivity contribution is 5.71. The molecule has 76 heavy (non-hydrogen) atoms. The van der Waals surface area contributed by atoms with E-state index in [9.17, 15) is 14.4 Å². The first-order chi connectivity index (χ1) is 37.5. The number of hydrogen-bond donors (Lipinski definition) is 0. The number of carbonyl (C=O) groups excluding carboxylic acids is 3. The van der Waals surface area contributed by atoms with E-state index >= 15 is 0 Å². The Morgan fingerprint density at radius 2 is 0.513 bits per heavy atom. The zero-order valence-corrected chi connectivity index (χ0v) is 51.3. The maximum Gasteiger partial charge on any atom is 0.306 e. The smallest absolute Gasteiger partial charge is 0.306 e. The van der Waals surface area contributed by atoms with Gasteiger partial charge in [0.2, 0.25) is 0 Å². The van der Waals surface area contributed by atoms with Gasteiger partial charge in [-0.05, 0) is 51.4 Å². The van der Waals surface area contributed by atoms with E-state index in [2.05, 4.69) is 57.2 Å². The lowest BCUT2D eigenvalue weighted by Crippen LogP contribution is -2.30. The number of ether oxygens (including phenoxy) is 3. The van der Waals surface area contributed by atoms with Crippen molar-refractivity contribution in [2.75, 3.05) is 13.2 Å². The fraction of sp³-hybridized carbons (Fsp3) is 0.871. The Hall–Kier alpha value is -2.37. The van der Waals surface area contributed by atoms with Crippen molar-refractivity contribution >= 4 is 17.9 Å². The molecular formula is C70H130O6. The Kier molecular flexibility index (Phi) is 63.1. The molecule has 0 bridgehead atoms. The van der Waals surface area contributed by atoms with Crippen LogP contribution in [0.1, 0.15) is 374 Å². The van der Waals surface area contributed by atoms with Crippen LogP contribution < -0.4 is 0 Å². The molecule has 0 radical (unpaired) electrons. The average molecular weight is 1070 g/mol. The summed E-state index contributed by atoms with van der Waals surface area (Å²) in [5.41, 5.74) is 0. The summed E-state index contributed by atoms with van der Waals surface area (Å²) in [6, 6.07) is 0. The third-order valence-electron chi connectivity index (χ3n) is 15.4. The van der Waals surface area contributed by atoms with E-state index in [-0.39, 0.29) is 31.1 Å². The molecule has 0 aromatic rings. The second kappa shape index (κ2) is 65.2. The van der Waals surface area contributed by atoms with Gasteiger partial charge in [-0.3, -0.25) is 14.4 Å². The monoisotopic (exact) mass is 1070 g/mol. The second-order valence-electron chi connectivity index (χ2n) is 23.1. The van der Waals surface area contributed by atoms with Crippen LogP contribution in [0, 0.1) is 0 Å². The fourth-order valence-electron chi connectivity index (χ4n) is 10.3. The van der Waals surface area contributed by atoms with Gasteiger partial charge in [-0.15, -0.1) is 0 Å². The molecule has 0 aliphatic heterocycles. The van der Waals surface area contributed by atoms with Gasteiger partial charge < -0.3 is 14.2 Å². The molecule has 6 heteroatoms. The van der Waals surface area contributed by atoms with Crippen LogP contribution in [0.15, 0.2) is 36.5 Å². The zero-order valence-electron chi connectivity index (χ0n) is 51.3. The SMILES string of the molecule is CC/C=C\C/C=C\C/C=C\CCCCCCCCCC(=O)OC(COC(=O)CCCCCCCC)COC(=O)CCCCCCCCCCCCCCCCCCCCCCCCCCCCCCCCCCCCC. The summed E-state index contributed by atoms with van der Waals surface area (Å²) < 4.78 is 16.8. The number of allylic oxidation sites excluding steroid dienone is 6. The quantitative estimate of drug-likeness (QED) is 0.0261. The second-order valence-corrected chi connectivity index (χ2v) is 23.1. The Morgan fingerprint density at radius 3 is 0.803 bits per heavy atom. The van der Waals surface area contributed by atoms with Crippen molar-refractivity contribution in [2.24, 2.45) is 0 Å². The molecule has 0 fully saturated rings. The summed E-state index contributed by atoms with van der Waals surface area (Å²) in [7, 11) is 0. The molecular weight excluding hydrogens is 937 g/mol. The van der Waals surface area contributed by atoms with E-state index in [1.165, 1.54) is 250 Å². The van der Waals surface area contributed by atoms with E-state index in [0.717, 1.165) is 83.5 Å². The van der Waals surface area contributed by atoms with Crippen molar-refractivity contribution in [1.82, 2.24) is 0 Å². The topological polar surface area (TPSA) is 78.9 Å². The van der Waals surface area contributed by atoms with Crippen LogP contribution in [0.4, 0.5) is 0 Å². The zero-order chi connectivity index (χ0) is 55.0. The third kappa shape index (κ3) is 62.5. The molecule has 0 aliphatic rings. The van der Waals surface area contributed by atoms with Crippen molar-refractivity contribution in [1.29, 1.82) is 0 Å². The maximum atomic E-state index is 12.8. The molecule has 6 nitrogen and oxygen atoms in total. The molecule has 446 valence electrons. The summed E-state index contributed by atoms with van der Waals surface area (Å²) >= 11 is 0. The van der Waals surface area contributed by atoms with Crippen LogP contribution in [0.5, 0.6) is 0 Å². The molecule has 0 spiro atoms. The van der Waals surface area contributed by atoms with E-state index in [0.29, 0.717) is 19.3 Å². The Labute approximate surface area is 474 Å². The standard InChI is InChI=1S/C70H130O6/c1-4-7-10-13-16-18-20-22-24-26-27-28-29-30-31-32-33-34-35-36-37-38-39-40-41-42-43-45-46-48-50-52-54-57-60-63-69(72)75-66-67(65-74-68(71)62-59-56-15-12-9-6-3)76-70(73)64-61-58-55-53-51-49-47-44-25-23-21-19-17-14-11-8-5-2/h8,11,17,19,23,25,67H,4-7,9-10,12-16,18,20-22,24,26-66H2,1-3H3/b11-8-,19-17-,25-23-. The molecule has 0 saturated heterocycles. The number of unbranched alkanes of at least 4 members (excludes halogenated alkanes) is 46. The molecule has 0 rings (SSSR count). The highest BCUT2D eigenvalue weighted by Gasteiger charge is 2.19. The van der Waals surface area contributed by atoms with Crippen molar-refractivity contribution in [3.63, 3.8) is 0 Å². The summed E-state index contributed by atoms with van der Waals surface area (Å²) in [6.07, 6.45) is 80.9. The van der Waals surface area contributed by atoms with Gasteiger partial charge in [0, 0.05) is 19.3 Å². The van der Waals surface area contributed by atoms with Crippen LogP contribution in [0.3, 0.4) is 0 Å². The molecule has 0 aromatic carbocycles. The Bertz CT molecular complexity index is 1270. The van der Waals surface area contributed by atoms with Crippen LogP contribution in [0.25, 0.3) is 0 Å². The normalized spacial score (nSPS) is 12.2. The summed E-state index contributed by atoms with van der Waals surface area (Å²) in [5, 5.41) is 0. The number of carbonyl (C=O) groups is 3. The molecule has 0 aromatic heterocycles. The lowest BCUT2D eigenvalue weighted by atomic mass is 10.0. The lowest BCUT2D eigenvalue weighted by Gasteiger charge is -2.18. The van der Waals surface area contributed by atoms with Gasteiger partial charge in [0.25, 0.3) is 0 Å². The van der Waals surface area contributed by atoms with E-state index in [1.54, 1.807) is 0 Å². The van der Waals surface area contributed by atoms with Gasteiger partial charge in [-0.2, -0.15) is 0 Å². The van der Waals surface area contributed by atoms with Gasteiger partial charge in [0.05, 0.1) is 0 Å². The molecule has 0 aliphatic carbocycles. The third-order valence-corrected chi connectivity index (χ3v) is 15.4. The minimum atomic E-state index is -0.772.